The molecular weight excluding hydrogens is 270 g/mol. The maximum atomic E-state index is 12.7. The van der Waals surface area contributed by atoms with Gasteiger partial charge in [-0.2, -0.15) is 0 Å². The van der Waals surface area contributed by atoms with Crippen LogP contribution in [0, 0.1) is 12.3 Å². The smallest absolute Gasteiger partial charge is 0.277 e. The molecule has 1 aliphatic heterocycles. The number of rotatable bonds is 4. The lowest BCUT2D eigenvalue weighted by Gasteiger charge is -2.38. The van der Waals surface area contributed by atoms with Crippen LogP contribution in [0.1, 0.15) is 37.9 Å². The van der Waals surface area contributed by atoms with E-state index in [0.717, 1.165) is 10.5 Å². The lowest BCUT2D eigenvalue weighted by atomic mass is 9.78. The molecule has 1 aromatic rings. The second-order valence-electron chi connectivity index (χ2n) is 5.21. The van der Waals surface area contributed by atoms with Crippen LogP contribution in [0.3, 0.4) is 0 Å². The highest BCUT2D eigenvalue weighted by Crippen LogP contribution is 2.33. The van der Waals surface area contributed by atoms with Gasteiger partial charge in [-0.05, 0) is 31.4 Å². The highest BCUT2D eigenvalue weighted by atomic mass is 16.2. The van der Waals surface area contributed by atoms with Crippen molar-refractivity contribution in [3.63, 3.8) is 0 Å². The summed E-state index contributed by atoms with van der Waals surface area (Å²) in [5.41, 5.74) is 0.390. The number of imide groups is 2. The van der Waals surface area contributed by atoms with Crippen molar-refractivity contribution in [2.45, 2.75) is 40.2 Å². The van der Waals surface area contributed by atoms with Gasteiger partial charge in [0.1, 0.15) is 5.41 Å². The van der Waals surface area contributed by atoms with Crippen LogP contribution in [-0.4, -0.2) is 27.7 Å². The van der Waals surface area contributed by atoms with Crippen molar-refractivity contribution in [1.82, 2.24) is 15.2 Å². The number of nitrogens with zero attached hydrogens (tertiary/aromatic N) is 2. The Hall–Kier alpha value is -2.24. The van der Waals surface area contributed by atoms with E-state index >= 15 is 0 Å². The molecule has 1 aromatic heterocycles. The van der Waals surface area contributed by atoms with E-state index in [1.54, 1.807) is 26.1 Å². The predicted molar refractivity (Wildman–Crippen MR) is 76.1 cm³/mol. The van der Waals surface area contributed by atoms with Crippen molar-refractivity contribution in [2.24, 2.45) is 5.41 Å². The molecule has 0 radical (unpaired) electrons. The molecule has 0 aromatic carbocycles. The van der Waals surface area contributed by atoms with Crippen molar-refractivity contribution < 1.29 is 14.4 Å². The van der Waals surface area contributed by atoms with Gasteiger partial charge in [-0.3, -0.25) is 24.8 Å². The molecule has 2 rings (SSSR count). The van der Waals surface area contributed by atoms with Gasteiger partial charge in [-0.1, -0.05) is 19.9 Å². The Morgan fingerprint density at radius 3 is 2.48 bits per heavy atom. The first-order chi connectivity index (χ1) is 9.96. The van der Waals surface area contributed by atoms with Crippen LogP contribution in [0.25, 0.3) is 0 Å². The van der Waals surface area contributed by atoms with Gasteiger partial charge in [0.05, 0.1) is 12.2 Å². The van der Waals surface area contributed by atoms with Crippen LogP contribution in [0.2, 0.25) is 0 Å². The first-order valence-electron chi connectivity index (χ1n) is 7.04. The third kappa shape index (κ3) is 2.41. The van der Waals surface area contributed by atoms with E-state index in [1.165, 1.54) is 0 Å². The van der Waals surface area contributed by atoms with Gasteiger partial charge in [0.15, 0.2) is 0 Å². The quantitative estimate of drug-likeness (QED) is 0.857. The summed E-state index contributed by atoms with van der Waals surface area (Å²) in [6, 6.07) is 2.99. The lowest BCUT2D eigenvalue weighted by Crippen LogP contribution is -2.63. The number of aromatic nitrogens is 1. The number of hydrogen-bond donors (Lipinski definition) is 1. The third-order valence-corrected chi connectivity index (χ3v) is 4.19. The number of carbonyl (C=O) groups is 3. The van der Waals surface area contributed by atoms with E-state index in [0.29, 0.717) is 18.5 Å². The minimum Gasteiger partial charge on any atom is -0.277 e. The Bertz CT molecular complexity index is 594. The molecule has 0 spiro atoms. The Morgan fingerprint density at radius 2 is 1.90 bits per heavy atom. The molecule has 2 heterocycles. The number of hydrogen-bond acceptors (Lipinski definition) is 4. The molecule has 0 unspecified atom stereocenters. The zero-order chi connectivity index (χ0) is 15.6. The maximum Gasteiger partial charge on any atom is 0.331 e. The first-order valence-corrected chi connectivity index (χ1v) is 7.04. The number of barbiturate groups is 1. The van der Waals surface area contributed by atoms with Crippen molar-refractivity contribution in [3.8, 4) is 0 Å². The number of pyridine rings is 1. The second kappa shape index (κ2) is 5.63. The molecule has 1 aliphatic rings. The molecule has 6 nitrogen and oxygen atoms in total. The number of urea groups is 1. The van der Waals surface area contributed by atoms with Gasteiger partial charge >= 0.3 is 6.03 Å². The van der Waals surface area contributed by atoms with E-state index in [9.17, 15) is 14.4 Å². The molecule has 1 fully saturated rings. The second-order valence-corrected chi connectivity index (χ2v) is 5.21. The maximum absolute atomic E-state index is 12.7. The van der Waals surface area contributed by atoms with E-state index in [4.69, 9.17) is 0 Å². The summed E-state index contributed by atoms with van der Waals surface area (Å²) in [6.07, 6.45) is 2.34. The van der Waals surface area contributed by atoms with E-state index < -0.39 is 23.3 Å². The Balaban J connectivity index is 2.35. The molecule has 1 saturated heterocycles. The molecule has 4 amide bonds. The molecule has 0 atom stereocenters. The highest BCUT2D eigenvalue weighted by Gasteiger charge is 2.51. The predicted octanol–water partition coefficient (Wildman–Crippen LogP) is 1.77. The zero-order valence-corrected chi connectivity index (χ0v) is 12.5. The fraction of sp³-hybridized carbons (Fsp3) is 0.467. The summed E-state index contributed by atoms with van der Waals surface area (Å²) >= 11 is 0. The van der Waals surface area contributed by atoms with Crippen LogP contribution >= 0.6 is 0 Å². The number of amides is 4. The summed E-state index contributed by atoms with van der Waals surface area (Å²) in [6.45, 7) is 5.50. The summed E-state index contributed by atoms with van der Waals surface area (Å²) < 4.78 is 0. The normalized spacial score (nSPS) is 17.9. The number of aryl methyl sites for hydroxylation is 1. The first kappa shape index (κ1) is 15.2. The van der Waals surface area contributed by atoms with Crippen LogP contribution in [0.15, 0.2) is 18.3 Å². The van der Waals surface area contributed by atoms with Crippen molar-refractivity contribution in [1.29, 1.82) is 0 Å². The average molecular weight is 289 g/mol. The highest BCUT2D eigenvalue weighted by molar-refractivity contribution is 6.19. The summed E-state index contributed by atoms with van der Waals surface area (Å²) in [5, 5.41) is 2.29. The van der Waals surface area contributed by atoms with E-state index in [1.807, 2.05) is 13.0 Å². The van der Waals surface area contributed by atoms with Gasteiger partial charge in [0.25, 0.3) is 0 Å². The van der Waals surface area contributed by atoms with Crippen molar-refractivity contribution in [3.05, 3.63) is 29.6 Å². The molecule has 0 bridgehead atoms. The van der Waals surface area contributed by atoms with Crippen molar-refractivity contribution >= 4 is 17.8 Å². The molecule has 0 saturated carbocycles. The van der Waals surface area contributed by atoms with Gasteiger partial charge < -0.3 is 0 Å². The van der Waals surface area contributed by atoms with Crippen LogP contribution in [0.5, 0.6) is 0 Å². The molecule has 1 N–H and O–H groups in total. The van der Waals surface area contributed by atoms with Crippen LogP contribution in [-0.2, 0) is 16.1 Å². The molecule has 21 heavy (non-hydrogen) atoms. The summed E-state index contributed by atoms with van der Waals surface area (Å²) in [5.74, 6) is -0.942. The fourth-order valence-electron chi connectivity index (χ4n) is 2.58. The van der Waals surface area contributed by atoms with Gasteiger partial charge in [0.2, 0.25) is 11.8 Å². The van der Waals surface area contributed by atoms with Crippen LogP contribution < -0.4 is 5.32 Å². The van der Waals surface area contributed by atoms with Crippen molar-refractivity contribution in [2.75, 3.05) is 0 Å². The van der Waals surface area contributed by atoms with E-state index in [-0.39, 0.29) is 6.54 Å². The lowest BCUT2D eigenvalue weighted by molar-refractivity contribution is -0.152. The van der Waals surface area contributed by atoms with Crippen LogP contribution in [0.4, 0.5) is 4.79 Å². The summed E-state index contributed by atoms with van der Waals surface area (Å²) in [7, 11) is 0. The third-order valence-electron chi connectivity index (χ3n) is 4.19. The largest absolute Gasteiger partial charge is 0.331 e. The molecular formula is C15H19N3O3. The van der Waals surface area contributed by atoms with Gasteiger partial charge in [0, 0.05) is 6.20 Å². The fourth-order valence-corrected chi connectivity index (χ4v) is 2.58. The Morgan fingerprint density at radius 1 is 1.24 bits per heavy atom. The monoisotopic (exact) mass is 289 g/mol. The summed E-state index contributed by atoms with van der Waals surface area (Å²) in [4.78, 5) is 42.0. The van der Waals surface area contributed by atoms with Gasteiger partial charge in [-0.25, -0.2) is 4.79 Å². The van der Waals surface area contributed by atoms with E-state index in [2.05, 4.69) is 10.3 Å². The number of carbonyl (C=O) groups excluding carboxylic acids is 3. The minimum absolute atomic E-state index is 0.0758. The van der Waals surface area contributed by atoms with Gasteiger partial charge in [-0.15, -0.1) is 0 Å². The average Bonchev–Trinajstić information content (AvgIpc) is 2.46. The molecule has 0 aliphatic carbocycles. The minimum atomic E-state index is -1.16. The Labute approximate surface area is 123 Å². The number of nitrogens with one attached hydrogen (secondary N) is 1. The zero-order valence-electron chi connectivity index (χ0n) is 12.5. The molecule has 6 heteroatoms. The SMILES string of the molecule is CCC1(CC)C(=O)NC(=O)N(Cc2ncccc2C)C1=O. The Kier molecular flexibility index (Phi) is 4.06. The molecule has 112 valence electrons. The standard InChI is InChI=1S/C15H19N3O3/c1-4-15(5-2)12(19)17-14(21)18(13(15)20)9-11-10(3)7-6-8-16-11/h6-8H,4-5,9H2,1-3H3,(H,17,19,21). The topological polar surface area (TPSA) is 79.4 Å².